The Hall–Kier alpha value is -2.00. The maximum absolute atomic E-state index is 11.8. The molecule has 0 aromatic rings. The third-order valence-corrected chi connectivity index (χ3v) is 4.90. The molecule has 0 heterocycles. The Morgan fingerprint density at radius 1 is 0.944 bits per heavy atom. The first-order valence-electron chi connectivity index (χ1n) is 10.4. The number of nitrogens with zero attached hydrogens (tertiary/aromatic N) is 2. The molecule has 2 aliphatic rings. The van der Waals surface area contributed by atoms with Gasteiger partial charge in [0.15, 0.2) is 17.5 Å². The fraction of sp³-hybridized carbons (Fsp3) is 0.292. The third kappa shape index (κ3) is 9.14. The number of Topliss-reactive ketones (excluding diaryl/α,β-unsaturated/α-hetero) is 1. The molecule has 0 aromatic carbocycles. The summed E-state index contributed by atoms with van der Waals surface area (Å²) in [5, 5.41) is 22.8. The summed E-state index contributed by atoms with van der Waals surface area (Å²) in [6.45, 7) is 6.46. The first-order chi connectivity index (χ1) is 16.1. The number of likely N-dealkylation sites (N-methyl/N-ethyl adjacent to an activating group) is 2. The molecule has 2 aliphatic carbocycles. The monoisotopic (exact) mass is 642 g/mol. The van der Waals surface area contributed by atoms with E-state index in [1.54, 1.807) is 18.2 Å². The molecular weight excluding hydrogens is 614 g/mol. The van der Waals surface area contributed by atoms with Crippen LogP contribution in [0.3, 0.4) is 0 Å². The number of aliphatic hydroxyl groups is 1. The van der Waals surface area contributed by atoms with Crippen LogP contribution in [-0.2, 0) is 79.8 Å². The number of amides is 2. The minimum Gasteiger partial charge on any atom is -0.510 e. The van der Waals surface area contributed by atoms with E-state index in [1.807, 2.05) is 19.9 Å². The van der Waals surface area contributed by atoms with E-state index < -0.39 is 17.9 Å². The minimum atomic E-state index is -1.08. The molecule has 0 saturated carbocycles. The predicted octanol–water partition coefficient (Wildman–Crippen LogP) is 1.05. The van der Waals surface area contributed by atoms with Gasteiger partial charge in [-0.25, -0.2) is 10.2 Å². The summed E-state index contributed by atoms with van der Waals surface area (Å²) < 4.78 is 0. The van der Waals surface area contributed by atoms with Crippen LogP contribution < -0.4 is 21.5 Å². The Morgan fingerprint density at radius 2 is 1.61 bits per heavy atom. The average Bonchev–Trinajstić information content (AvgIpc) is 2.79. The smallest absolute Gasteiger partial charge is 0.272 e. The molecular formula is C24H28N6O4Y2-2. The standard InChI is InChI=1S/C24H28N6O4.2Y/c1-13-12-18(27-29-21(15(3)31)23(33)25-5)8-9-19(13)17-7-10-20(14(2)11-17)28-30-22(16(4)32)24(34)26-6;;/h9-12,21,29-30,32H,1-6H3,(H,25,33)(H,26,34);;/q-2;;/b19-17-,22-16+,27-18+,28-20+;;. The number of hydrogen-bond acceptors (Lipinski definition) is 8. The van der Waals surface area contributed by atoms with Gasteiger partial charge in [0.2, 0.25) is 0 Å². The Kier molecular flexibility index (Phi) is 15.1. The van der Waals surface area contributed by atoms with Gasteiger partial charge in [0, 0.05) is 85.2 Å². The van der Waals surface area contributed by atoms with Gasteiger partial charge in [-0.1, -0.05) is 13.8 Å². The van der Waals surface area contributed by atoms with E-state index >= 15 is 0 Å². The molecule has 36 heavy (non-hydrogen) atoms. The Bertz CT molecular complexity index is 1140. The summed E-state index contributed by atoms with van der Waals surface area (Å²) in [4.78, 5) is 35.3. The summed E-state index contributed by atoms with van der Waals surface area (Å²) in [6.07, 6.45) is 13.3. The normalized spacial score (nSPS) is 20.2. The van der Waals surface area contributed by atoms with Crippen molar-refractivity contribution in [1.29, 1.82) is 0 Å². The zero-order chi connectivity index (χ0) is 25.4. The van der Waals surface area contributed by atoms with Crippen LogP contribution in [-0.4, -0.2) is 54.3 Å². The minimum absolute atomic E-state index is 0. The largest absolute Gasteiger partial charge is 0.510 e. The number of hydrazone groups is 2. The van der Waals surface area contributed by atoms with Gasteiger partial charge in [0.1, 0.15) is 5.76 Å². The molecule has 10 nitrogen and oxygen atoms in total. The molecule has 0 aromatic heterocycles. The summed E-state index contributed by atoms with van der Waals surface area (Å²) in [5.74, 6) is -1.49. The van der Waals surface area contributed by atoms with Crippen LogP contribution in [0.15, 0.2) is 68.3 Å². The Balaban J connectivity index is 0.00000612. The summed E-state index contributed by atoms with van der Waals surface area (Å²) >= 11 is 0. The van der Waals surface area contributed by atoms with E-state index in [2.05, 4.69) is 43.8 Å². The molecule has 0 spiro atoms. The molecule has 0 aliphatic heterocycles. The average molecular weight is 642 g/mol. The number of carbonyl (C=O) groups is 3. The fourth-order valence-corrected chi connectivity index (χ4v) is 2.96. The topological polar surface area (TPSA) is 144 Å². The summed E-state index contributed by atoms with van der Waals surface area (Å²) in [5.41, 5.74) is 9.50. The quantitative estimate of drug-likeness (QED) is 0.0924. The van der Waals surface area contributed by atoms with Crippen LogP contribution in [0.1, 0.15) is 27.7 Å². The van der Waals surface area contributed by atoms with Crippen LogP contribution in [0.2, 0.25) is 0 Å². The second-order valence-electron chi connectivity index (χ2n) is 7.49. The summed E-state index contributed by atoms with van der Waals surface area (Å²) in [6, 6.07) is -1.08. The van der Waals surface area contributed by atoms with E-state index in [0.717, 1.165) is 22.3 Å². The van der Waals surface area contributed by atoms with Gasteiger partial charge in [0.05, 0.1) is 0 Å². The molecule has 5 N–H and O–H groups in total. The number of rotatable bonds is 7. The van der Waals surface area contributed by atoms with Crippen molar-refractivity contribution in [3.05, 3.63) is 70.2 Å². The molecule has 12 heteroatoms. The van der Waals surface area contributed by atoms with E-state index in [1.165, 1.54) is 27.9 Å². The maximum Gasteiger partial charge on any atom is 0.272 e. The first kappa shape index (κ1) is 34.0. The molecule has 186 valence electrons. The molecule has 0 bridgehead atoms. The zero-order valence-corrected chi connectivity index (χ0v) is 26.8. The van der Waals surface area contributed by atoms with Crippen molar-refractivity contribution in [2.45, 2.75) is 33.7 Å². The van der Waals surface area contributed by atoms with Crippen molar-refractivity contribution >= 4 is 29.0 Å². The summed E-state index contributed by atoms with van der Waals surface area (Å²) in [7, 11) is 2.90. The van der Waals surface area contributed by atoms with Crippen molar-refractivity contribution in [2.24, 2.45) is 10.2 Å². The van der Waals surface area contributed by atoms with Gasteiger partial charge in [-0.3, -0.25) is 25.2 Å². The van der Waals surface area contributed by atoms with Gasteiger partial charge >= 0.3 is 0 Å². The number of hydrogen-bond donors (Lipinski definition) is 5. The number of aliphatic hydroxyl groups excluding tert-OH is 1. The van der Waals surface area contributed by atoms with Crippen molar-refractivity contribution in [3.8, 4) is 0 Å². The second kappa shape index (κ2) is 16.0. The van der Waals surface area contributed by atoms with Gasteiger partial charge in [-0.05, 0) is 19.6 Å². The Morgan fingerprint density at radius 3 is 2.11 bits per heavy atom. The van der Waals surface area contributed by atoms with Crippen LogP contribution in [0.25, 0.3) is 0 Å². The number of ketones is 1. The van der Waals surface area contributed by atoms with E-state index in [9.17, 15) is 19.5 Å². The molecule has 1 unspecified atom stereocenters. The van der Waals surface area contributed by atoms with Gasteiger partial charge < -0.3 is 15.7 Å². The van der Waals surface area contributed by atoms with Crippen LogP contribution >= 0.6 is 0 Å². The van der Waals surface area contributed by atoms with Gasteiger partial charge in [-0.15, -0.1) is 35.5 Å². The van der Waals surface area contributed by atoms with Crippen molar-refractivity contribution in [2.75, 3.05) is 14.1 Å². The van der Waals surface area contributed by atoms with Crippen LogP contribution in [0.4, 0.5) is 0 Å². The number of carbonyl (C=O) groups excluding carboxylic acids is 3. The van der Waals surface area contributed by atoms with E-state index in [0.29, 0.717) is 11.4 Å². The van der Waals surface area contributed by atoms with Crippen molar-refractivity contribution in [1.82, 2.24) is 21.5 Å². The van der Waals surface area contributed by atoms with Crippen molar-refractivity contribution < 1.29 is 84.9 Å². The number of allylic oxidation sites excluding steroid dienone is 11. The predicted molar refractivity (Wildman–Crippen MR) is 129 cm³/mol. The second-order valence-corrected chi connectivity index (χ2v) is 7.49. The van der Waals surface area contributed by atoms with Crippen LogP contribution in [0.5, 0.6) is 0 Å². The number of nitrogens with one attached hydrogen (secondary N) is 4. The molecule has 2 amide bonds. The first-order valence-corrected chi connectivity index (χ1v) is 10.4. The fourth-order valence-electron chi connectivity index (χ4n) is 2.96. The van der Waals surface area contributed by atoms with Crippen molar-refractivity contribution in [3.63, 3.8) is 0 Å². The molecule has 1 atom stereocenters. The van der Waals surface area contributed by atoms with Gasteiger partial charge in [0.25, 0.3) is 11.8 Å². The zero-order valence-electron chi connectivity index (χ0n) is 21.1. The molecule has 2 rings (SSSR count). The van der Waals surface area contributed by atoms with Crippen LogP contribution in [0, 0.1) is 12.2 Å². The Labute approximate surface area is 261 Å². The van der Waals surface area contributed by atoms with E-state index in [4.69, 9.17) is 0 Å². The molecule has 0 saturated heterocycles. The third-order valence-electron chi connectivity index (χ3n) is 4.90. The van der Waals surface area contributed by atoms with Gasteiger partial charge in [-0.2, -0.15) is 23.3 Å². The van der Waals surface area contributed by atoms with E-state index in [-0.39, 0.29) is 82.7 Å². The SMILES string of the molecule is CNC(=O)/C(N/N=C1C=[C-]/C(=C2C=[C-]/C(=N\NC(C(C)=O)C(=O)NC)C=C\2C)C=C\1C)=C(/C)O.[Y].[Y]. The molecule has 0 fully saturated rings. The maximum atomic E-state index is 11.8. The molecule has 2 radical (unpaired) electrons.